The number of aromatic nitrogens is 1. The van der Waals surface area contributed by atoms with Crippen molar-refractivity contribution in [3.63, 3.8) is 0 Å². The van der Waals surface area contributed by atoms with Gasteiger partial charge in [-0.05, 0) is 74.3 Å². The number of aromatic amines is 1. The Morgan fingerprint density at radius 1 is 0.893 bits per heavy atom. The topological polar surface area (TPSA) is 161 Å². The number of ether oxygens (including phenoxy) is 2. The molecule has 0 bridgehead atoms. The van der Waals surface area contributed by atoms with Crippen LogP contribution in [0.15, 0.2) is 45.6 Å². The van der Waals surface area contributed by atoms with Gasteiger partial charge in [0, 0.05) is 83.1 Å². The Labute approximate surface area is 327 Å². The van der Waals surface area contributed by atoms with Crippen LogP contribution >= 0.6 is 0 Å². The van der Waals surface area contributed by atoms with Gasteiger partial charge in [0.2, 0.25) is 0 Å². The fourth-order valence-corrected chi connectivity index (χ4v) is 8.61. The van der Waals surface area contributed by atoms with E-state index in [-0.39, 0.29) is 30.4 Å². The second-order valence-corrected chi connectivity index (χ2v) is 15.6. The molecule has 4 amide bonds. The Morgan fingerprint density at radius 2 is 1.62 bits per heavy atom. The number of piperidine rings is 2. The molecule has 7 rings (SSSR count). The van der Waals surface area contributed by atoms with Crippen molar-refractivity contribution in [1.82, 2.24) is 29.5 Å². The van der Waals surface area contributed by atoms with Crippen LogP contribution in [-0.4, -0.2) is 144 Å². The number of hydrogen-bond acceptors (Lipinski definition) is 10. The molecule has 3 fully saturated rings. The third-order valence-electron chi connectivity index (χ3n) is 11.8. The molecule has 1 atom stereocenters. The molecule has 4 aliphatic heterocycles. The van der Waals surface area contributed by atoms with Gasteiger partial charge in [-0.25, -0.2) is 14.4 Å². The molecule has 0 spiro atoms. The number of unbranched alkanes of at least 4 members (excludes halogenated alkanes) is 1. The van der Waals surface area contributed by atoms with Crippen LogP contribution in [0.1, 0.15) is 62.1 Å². The van der Waals surface area contributed by atoms with Crippen molar-refractivity contribution in [2.75, 3.05) is 77.4 Å². The molecular weight excluding hydrogens is 718 g/mol. The number of piperazine rings is 1. The quantitative estimate of drug-likeness (QED) is 0.216. The highest BCUT2D eigenvalue weighted by Gasteiger charge is 2.36. The lowest BCUT2D eigenvalue weighted by atomic mass is 10.0. The Hall–Kier alpha value is -4.89. The van der Waals surface area contributed by atoms with E-state index in [1.165, 1.54) is 0 Å². The molecule has 1 aromatic heterocycles. The number of carbonyl (C=O) groups is 4. The highest BCUT2D eigenvalue weighted by atomic mass is 16.6. The Bertz CT molecular complexity index is 1920. The van der Waals surface area contributed by atoms with E-state index < -0.39 is 18.0 Å². The van der Waals surface area contributed by atoms with Crippen molar-refractivity contribution >= 4 is 40.8 Å². The molecule has 4 aliphatic rings. The number of fused-ring (bicyclic) bond motifs is 2. The average molecular weight is 774 g/mol. The van der Waals surface area contributed by atoms with Gasteiger partial charge in [-0.15, -0.1) is 0 Å². The molecule has 2 aromatic carbocycles. The minimum absolute atomic E-state index is 0.0212. The first-order valence-electron chi connectivity index (χ1n) is 20.3. The van der Waals surface area contributed by atoms with Crippen LogP contribution in [0.25, 0.3) is 11.1 Å². The van der Waals surface area contributed by atoms with Gasteiger partial charge in [-0.1, -0.05) is 37.6 Å². The minimum Gasteiger partial charge on any atom is -0.465 e. The number of carbonyl (C=O) groups excluding carboxylic acids is 4. The van der Waals surface area contributed by atoms with Crippen molar-refractivity contribution in [2.45, 2.75) is 83.4 Å². The number of likely N-dealkylation sites (tertiary alicyclic amines) is 2. The monoisotopic (exact) mass is 773 g/mol. The number of H-pyrrole nitrogens is 1. The van der Waals surface area contributed by atoms with Crippen LogP contribution in [0.4, 0.5) is 15.3 Å². The van der Waals surface area contributed by atoms with Gasteiger partial charge in [0.25, 0.3) is 5.91 Å². The van der Waals surface area contributed by atoms with E-state index in [1.807, 2.05) is 42.2 Å². The maximum absolute atomic E-state index is 14.2. The molecule has 5 heterocycles. The molecule has 2 N–H and O–H groups in total. The molecule has 15 nitrogen and oxygen atoms in total. The standard InChI is InChI=1S/C41H55N7O8/c1-3-4-23-54-36(49)27-44-14-10-31(11-15-44)45-19-21-46(22-20-45)38(50)35(26-29-24-28(2)37-34(25-29)55-40(52)43-37)56-41(53)47-16-12-32(13-17-47)48-18-9-30-7-5-6-8-33(30)42-39(48)51/h5-8,24-25,31-32,35H,3-4,9-23,26-27H2,1-2H3,(H,42,51)(H,43,52)/t35-/m1/s1. The third kappa shape index (κ3) is 9.38. The number of para-hydroxylation sites is 1. The fourth-order valence-electron chi connectivity index (χ4n) is 8.61. The summed E-state index contributed by atoms with van der Waals surface area (Å²) >= 11 is 0. The summed E-state index contributed by atoms with van der Waals surface area (Å²) < 4.78 is 16.8. The number of oxazole rings is 1. The molecule has 3 aromatic rings. The number of nitrogens with one attached hydrogen (secondary N) is 2. The van der Waals surface area contributed by atoms with Crippen LogP contribution in [0.3, 0.4) is 0 Å². The highest BCUT2D eigenvalue weighted by Crippen LogP contribution is 2.26. The number of amides is 4. The Morgan fingerprint density at radius 3 is 2.38 bits per heavy atom. The summed E-state index contributed by atoms with van der Waals surface area (Å²) in [6, 6.07) is 11.7. The summed E-state index contributed by atoms with van der Waals surface area (Å²) in [7, 11) is 0. The largest absolute Gasteiger partial charge is 0.465 e. The smallest absolute Gasteiger partial charge is 0.417 e. The molecule has 302 valence electrons. The summed E-state index contributed by atoms with van der Waals surface area (Å²) in [5, 5.41) is 3.04. The van der Waals surface area contributed by atoms with E-state index in [0.29, 0.717) is 88.9 Å². The van der Waals surface area contributed by atoms with Crippen LogP contribution < -0.4 is 11.1 Å². The number of rotatable bonds is 11. The second kappa shape index (κ2) is 17.9. The molecule has 15 heteroatoms. The van der Waals surface area contributed by atoms with E-state index in [2.05, 4.69) is 27.0 Å². The van der Waals surface area contributed by atoms with E-state index >= 15 is 0 Å². The number of benzene rings is 2. The van der Waals surface area contributed by atoms with E-state index in [1.54, 1.807) is 15.9 Å². The third-order valence-corrected chi connectivity index (χ3v) is 11.8. The average Bonchev–Trinajstić information content (AvgIpc) is 3.50. The number of esters is 1. The first-order valence-corrected chi connectivity index (χ1v) is 20.3. The van der Waals surface area contributed by atoms with E-state index in [4.69, 9.17) is 13.9 Å². The molecular formula is C41H55N7O8. The fraction of sp³-hybridized carbons (Fsp3) is 0.585. The first-order chi connectivity index (χ1) is 27.1. The predicted molar refractivity (Wildman–Crippen MR) is 209 cm³/mol. The summed E-state index contributed by atoms with van der Waals surface area (Å²) in [5.74, 6) is -0.971. The van der Waals surface area contributed by atoms with E-state index in [9.17, 15) is 24.0 Å². The zero-order valence-electron chi connectivity index (χ0n) is 32.6. The van der Waals surface area contributed by atoms with Gasteiger partial charge in [0.15, 0.2) is 11.7 Å². The molecule has 3 saturated heterocycles. The maximum atomic E-state index is 14.2. The minimum atomic E-state index is -1.08. The van der Waals surface area contributed by atoms with Gasteiger partial charge in [0.1, 0.15) is 0 Å². The number of hydrogen-bond donors (Lipinski definition) is 2. The predicted octanol–water partition coefficient (Wildman–Crippen LogP) is 3.98. The van der Waals surface area contributed by atoms with Crippen molar-refractivity contribution in [2.24, 2.45) is 0 Å². The summed E-state index contributed by atoms with van der Waals surface area (Å²) in [6.45, 7) is 10.2. The molecule has 0 unspecified atom stereocenters. The summed E-state index contributed by atoms with van der Waals surface area (Å²) in [5.41, 5.74) is 4.43. The zero-order chi connectivity index (χ0) is 39.2. The highest BCUT2D eigenvalue weighted by molar-refractivity contribution is 5.91. The zero-order valence-corrected chi connectivity index (χ0v) is 32.6. The van der Waals surface area contributed by atoms with Crippen molar-refractivity contribution in [1.29, 1.82) is 0 Å². The van der Waals surface area contributed by atoms with E-state index in [0.717, 1.165) is 67.6 Å². The number of urea groups is 1. The van der Waals surface area contributed by atoms with Gasteiger partial charge >= 0.3 is 23.8 Å². The Kier molecular flexibility index (Phi) is 12.6. The number of anilines is 1. The van der Waals surface area contributed by atoms with Crippen LogP contribution in [0, 0.1) is 6.92 Å². The molecule has 0 saturated carbocycles. The van der Waals surface area contributed by atoms with Crippen molar-refractivity contribution in [3.05, 3.63) is 63.6 Å². The van der Waals surface area contributed by atoms with Crippen LogP contribution in [0.5, 0.6) is 0 Å². The van der Waals surface area contributed by atoms with Gasteiger partial charge in [-0.3, -0.25) is 24.4 Å². The van der Waals surface area contributed by atoms with Crippen LogP contribution in [0.2, 0.25) is 0 Å². The lowest BCUT2D eigenvalue weighted by Gasteiger charge is -2.43. The maximum Gasteiger partial charge on any atom is 0.417 e. The summed E-state index contributed by atoms with van der Waals surface area (Å²) in [4.78, 5) is 77.9. The van der Waals surface area contributed by atoms with Crippen molar-refractivity contribution in [3.8, 4) is 0 Å². The number of aryl methyl sites for hydroxylation is 1. The molecule has 56 heavy (non-hydrogen) atoms. The molecule has 0 aliphatic carbocycles. The lowest BCUT2D eigenvalue weighted by Crippen LogP contribution is -2.57. The van der Waals surface area contributed by atoms with Crippen molar-refractivity contribution < 1.29 is 33.1 Å². The number of nitrogens with zero attached hydrogens (tertiary/aromatic N) is 5. The van der Waals surface area contributed by atoms with Gasteiger partial charge < -0.3 is 33.9 Å². The van der Waals surface area contributed by atoms with Gasteiger partial charge in [0.05, 0.1) is 18.7 Å². The first kappa shape index (κ1) is 39.3. The van der Waals surface area contributed by atoms with Crippen LogP contribution in [-0.2, 0) is 31.9 Å². The lowest BCUT2D eigenvalue weighted by molar-refractivity contribution is -0.145. The van der Waals surface area contributed by atoms with Gasteiger partial charge in [-0.2, -0.15) is 0 Å². The Balaban J connectivity index is 0.954. The summed E-state index contributed by atoms with van der Waals surface area (Å²) in [6.07, 6.45) is 4.21. The second-order valence-electron chi connectivity index (χ2n) is 15.6. The normalized spacial score (nSPS) is 19.7. The SMILES string of the molecule is CCCCOC(=O)CN1CCC(N2CCN(C(=O)[C@@H](Cc3cc(C)c4[nH]c(=O)oc4c3)OC(=O)N3CCC(N4CCc5ccccc5NC4=O)CC3)CC2)CC1. The molecule has 0 radical (unpaired) electrons.